The predicted molar refractivity (Wildman–Crippen MR) is 76.7 cm³/mol. The molecule has 1 saturated heterocycles. The minimum atomic E-state index is 0.222. The normalized spacial score (nSPS) is 20.1. The average Bonchev–Trinajstić information content (AvgIpc) is 3.17. The minimum Gasteiger partial charge on any atom is -0.381 e. The highest BCUT2D eigenvalue weighted by molar-refractivity contribution is 5.28. The molecule has 2 aromatic rings. The summed E-state index contributed by atoms with van der Waals surface area (Å²) in [6.45, 7) is 4.68. The number of para-hydroxylation sites is 1. The van der Waals surface area contributed by atoms with Crippen LogP contribution in [0.2, 0.25) is 0 Å². The number of benzene rings is 1. The summed E-state index contributed by atoms with van der Waals surface area (Å²) in [5.41, 5.74) is 1.97. The molecule has 0 aliphatic carbocycles. The van der Waals surface area contributed by atoms with Crippen LogP contribution in [-0.4, -0.2) is 34.8 Å². The van der Waals surface area contributed by atoms with Crippen molar-refractivity contribution < 1.29 is 4.74 Å². The molecule has 0 radical (unpaired) electrons. The van der Waals surface area contributed by atoms with Gasteiger partial charge in [-0.2, -0.15) is 15.0 Å². The lowest BCUT2D eigenvalue weighted by molar-refractivity contribution is 0.176. The molecular formula is C15H20N4O. The summed E-state index contributed by atoms with van der Waals surface area (Å²) in [5.74, 6) is 0.482. The Hall–Kier alpha value is -1.72. The van der Waals surface area contributed by atoms with Crippen molar-refractivity contribution in [2.45, 2.75) is 19.4 Å². The van der Waals surface area contributed by atoms with Crippen molar-refractivity contribution in [1.82, 2.24) is 20.3 Å². The van der Waals surface area contributed by atoms with Crippen molar-refractivity contribution in [3.05, 3.63) is 42.2 Å². The largest absolute Gasteiger partial charge is 0.381 e. The summed E-state index contributed by atoms with van der Waals surface area (Å²) in [6, 6.07) is 10.2. The molecule has 106 valence electrons. The van der Waals surface area contributed by atoms with E-state index in [1.54, 1.807) is 4.80 Å². The Kier molecular flexibility index (Phi) is 4.08. The van der Waals surface area contributed by atoms with Crippen LogP contribution < -0.4 is 5.32 Å². The van der Waals surface area contributed by atoms with E-state index in [-0.39, 0.29) is 6.04 Å². The summed E-state index contributed by atoms with van der Waals surface area (Å²) < 4.78 is 5.50. The summed E-state index contributed by atoms with van der Waals surface area (Å²) in [7, 11) is 0. The molecule has 5 heteroatoms. The van der Waals surface area contributed by atoms with Crippen LogP contribution in [0.5, 0.6) is 0 Å². The van der Waals surface area contributed by atoms with E-state index in [4.69, 9.17) is 4.74 Å². The van der Waals surface area contributed by atoms with E-state index >= 15 is 0 Å². The van der Waals surface area contributed by atoms with Crippen molar-refractivity contribution in [1.29, 1.82) is 0 Å². The van der Waals surface area contributed by atoms with Gasteiger partial charge in [0, 0.05) is 12.5 Å². The van der Waals surface area contributed by atoms with Gasteiger partial charge in [-0.1, -0.05) is 25.1 Å². The molecule has 0 saturated carbocycles. The van der Waals surface area contributed by atoms with Crippen LogP contribution >= 0.6 is 0 Å². The molecule has 1 aromatic carbocycles. The monoisotopic (exact) mass is 272 g/mol. The number of nitrogens with zero attached hydrogens (tertiary/aromatic N) is 3. The second-order valence-electron chi connectivity index (χ2n) is 5.05. The highest BCUT2D eigenvalue weighted by atomic mass is 16.5. The molecule has 2 unspecified atom stereocenters. The number of hydrogen-bond acceptors (Lipinski definition) is 4. The molecule has 5 nitrogen and oxygen atoms in total. The first-order valence-electron chi connectivity index (χ1n) is 7.17. The van der Waals surface area contributed by atoms with E-state index in [1.807, 2.05) is 36.5 Å². The number of nitrogens with one attached hydrogen (secondary N) is 1. The van der Waals surface area contributed by atoms with Gasteiger partial charge < -0.3 is 10.1 Å². The fourth-order valence-corrected chi connectivity index (χ4v) is 2.65. The van der Waals surface area contributed by atoms with Crippen LogP contribution in [-0.2, 0) is 4.74 Å². The first kappa shape index (κ1) is 13.3. The van der Waals surface area contributed by atoms with Gasteiger partial charge in [0.2, 0.25) is 0 Å². The van der Waals surface area contributed by atoms with Crippen molar-refractivity contribution in [3.63, 3.8) is 0 Å². The van der Waals surface area contributed by atoms with Gasteiger partial charge in [-0.05, 0) is 25.1 Å². The molecule has 1 aliphatic heterocycles. The molecule has 0 amide bonds. The maximum Gasteiger partial charge on any atom is 0.100 e. The Morgan fingerprint density at radius 3 is 2.95 bits per heavy atom. The van der Waals surface area contributed by atoms with E-state index in [9.17, 15) is 0 Å². The first-order chi connectivity index (χ1) is 9.88. The van der Waals surface area contributed by atoms with Gasteiger partial charge >= 0.3 is 0 Å². The third-order valence-electron chi connectivity index (χ3n) is 3.68. The predicted octanol–water partition coefficient (Wildman–Crippen LogP) is 1.95. The molecule has 0 spiro atoms. The van der Waals surface area contributed by atoms with Gasteiger partial charge in [0.15, 0.2) is 0 Å². The first-order valence-corrected chi connectivity index (χ1v) is 7.17. The number of aromatic nitrogens is 3. The van der Waals surface area contributed by atoms with Crippen LogP contribution in [0.3, 0.4) is 0 Å². The van der Waals surface area contributed by atoms with Crippen LogP contribution in [0.15, 0.2) is 36.5 Å². The molecular weight excluding hydrogens is 252 g/mol. The lowest BCUT2D eigenvalue weighted by Crippen LogP contribution is -2.29. The van der Waals surface area contributed by atoms with Crippen molar-refractivity contribution >= 4 is 0 Å². The maximum atomic E-state index is 5.50. The highest BCUT2D eigenvalue weighted by Crippen LogP contribution is 2.27. The van der Waals surface area contributed by atoms with Gasteiger partial charge in [-0.15, -0.1) is 0 Å². The molecule has 0 bridgehead atoms. The third-order valence-corrected chi connectivity index (χ3v) is 3.68. The van der Waals surface area contributed by atoms with Gasteiger partial charge in [-0.3, -0.25) is 0 Å². The van der Waals surface area contributed by atoms with Gasteiger partial charge in [-0.25, -0.2) is 0 Å². The van der Waals surface area contributed by atoms with Crippen molar-refractivity contribution in [2.24, 2.45) is 5.92 Å². The Morgan fingerprint density at radius 2 is 2.25 bits per heavy atom. The fourth-order valence-electron chi connectivity index (χ4n) is 2.65. The van der Waals surface area contributed by atoms with Crippen LogP contribution in [0, 0.1) is 5.92 Å². The van der Waals surface area contributed by atoms with Crippen LogP contribution in [0.4, 0.5) is 0 Å². The minimum absolute atomic E-state index is 0.222. The second kappa shape index (κ2) is 6.15. The molecule has 3 rings (SSSR count). The summed E-state index contributed by atoms with van der Waals surface area (Å²) in [5, 5.41) is 12.5. The Balaban J connectivity index is 1.83. The third kappa shape index (κ3) is 2.73. The van der Waals surface area contributed by atoms with Crippen molar-refractivity contribution in [2.75, 3.05) is 19.8 Å². The smallest absolute Gasteiger partial charge is 0.100 e. The molecule has 2 atom stereocenters. The van der Waals surface area contributed by atoms with Crippen LogP contribution in [0.1, 0.15) is 25.1 Å². The molecule has 20 heavy (non-hydrogen) atoms. The topological polar surface area (TPSA) is 52.0 Å². The van der Waals surface area contributed by atoms with E-state index in [0.29, 0.717) is 5.92 Å². The highest BCUT2D eigenvalue weighted by Gasteiger charge is 2.28. The number of rotatable bonds is 5. The lowest BCUT2D eigenvalue weighted by Gasteiger charge is -2.20. The van der Waals surface area contributed by atoms with Crippen LogP contribution in [0.25, 0.3) is 5.69 Å². The summed E-state index contributed by atoms with van der Waals surface area (Å²) in [6.07, 6.45) is 2.94. The molecule has 1 N–H and O–H groups in total. The summed E-state index contributed by atoms with van der Waals surface area (Å²) >= 11 is 0. The number of hydrogen-bond donors (Lipinski definition) is 1. The fraction of sp³-hybridized carbons (Fsp3) is 0.467. The summed E-state index contributed by atoms with van der Waals surface area (Å²) in [4.78, 5) is 1.69. The molecule has 1 aromatic heterocycles. The Morgan fingerprint density at radius 1 is 1.40 bits per heavy atom. The number of ether oxygens (including phenoxy) is 1. The van der Waals surface area contributed by atoms with Gasteiger partial charge in [0.05, 0.1) is 24.5 Å². The standard InChI is InChI=1S/C15H20N4O/c1-2-16-15(12-8-9-20-11-12)14-10-17-19(18-14)13-6-4-3-5-7-13/h3-7,10,12,15-16H,2,8-9,11H2,1H3. The quantitative estimate of drug-likeness (QED) is 0.904. The molecule has 2 heterocycles. The zero-order chi connectivity index (χ0) is 13.8. The second-order valence-corrected chi connectivity index (χ2v) is 5.05. The van der Waals surface area contributed by atoms with E-state index in [1.165, 1.54) is 0 Å². The average molecular weight is 272 g/mol. The van der Waals surface area contributed by atoms with Gasteiger partial charge in [0.1, 0.15) is 5.69 Å². The van der Waals surface area contributed by atoms with E-state index in [2.05, 4.69) is 22.4 Å². The molecule has 1 fully saturated rings. The zero-order valence-electron chi connectivity index (χ0n) is 11.7. The zero-order valence-corrected chi connectivity index (χ0v) is 11.7. The van der Waals surface area contributed by atoms with Crippen molar-refractivity contribution in [3.8, 4) is 5.69 Å². The Labute approximate surface area is 118 Å². The van der Waals surface area contributed by atoms with E-state index < -0.39 is 0 Å². The Bertz CT molecular complexity index is 534. The van der Waals surface area contributed by atoms with E-state index in [0.717, 1.165) is 37.6 Å². The molecule has 1 aliphatic rings. The SMILES string of the molecule is CCNC(c1cnn(-c2ccccc2)n1)C1CCOC1. The maximum absolute atomic E-state index is 5.50. The van der Waals surface area contributed by atoms with Gasteiger partial charge in [0.25, 0.3) is 0 Å². The lowest BCUT2D eigenvalue weighted by atomic mass is 9.96.